The number of hydrogen-bond acceptors (Lipinski definition) is 4. The van der Waals surface area contributed by atoms with Crippen molar-refractivity contribution in [3.8, 4) is 11.5 Å². The fourth-order valence-corrected chi connectivity index (χ4v) is 2.54. The molecule has 6 heteroatoms. The van der Waals surface area contributed by atoms with Gasteiger partial charge in [0, 0.05) is 26.2 Å². The maximum absolute atomic E-state index is 12.6. The summed E-state index contributed by atoms with van der Waals surface area (Å²) in [5, 5.41) is 0. The first kappa shape index (κ1) is 19.3. The highest BCUT2D eigenvalue weighted by Gasteiger charge is 2.18. The molecule has 0 saturated carbocycles. The van der Waals surface area contributed by atoms with Gasteiger partial charge in [0.05, 0.1) is 14.2 Å². The minimum Gasteiger partial charge on any atom is -0.493 e. The molecule has 2 aromatic rings. The summed E-state index contributed by atoms with van der Waals surface area (Å²) in [6.07, 6.45) is 0. The SMILES string of the molecule is COc1ccc(CN(CC(=O)N(C)c2ccccc2)C(C)=O)cc1OC. The predicted octanol–water partition coefficient (Wildman–Crippen LogP) is 2.72. The molecule has 2 rings (SSSR count). The van der Waals surface area contributed by atoms with Crippen molar-refractivity contribution in [3.05, 3.63) is 54.1 Å². The van der Waals surface area contributed by atoms with Crippen LogP contribution in [0.2, 0.25) is 0 Å². The molecule has 0 fully saturated rings. The van der Waals surface area contributed by atoms with Crippen LogP contribution in [-0.2, 0) is 16.1 Å². The predicted molar refractivity (Wildman–Crippen MR) is 100 cm³/mol. The van der Waals surface area contributed by atoms with Crippen LogP contribution in [-0.4, -0.2) is 44.5 Å². The molecule has 0 aliphatic heterocycles. The Bertz CT molecular complexity index is 762. The summed E-state index contributed by atoms with van der Waals surface area (Å²) in [4.78, 5) is 27.6. The average Bonchev–Trinajstić information content (AvgIpc) is 2.67. The van der Waals surface area contributed by atoms with Crippen molar-refractivity contribution in [1.29, 1.82) is 0 Å². The minimum absolute atomic E-state index is 0.00489. The van der Waals surface area contributed by atoms with Gasteiger partial charge in [-0.3, -0.25) is 9.59 Å². The third-order valence-electron chi connectivity index (χ3n) is 4.11. The van der Waals surface area contributed by atoms with Gasteiger partial charge in [0.1, 0.15) is 6.54 Å². The molecule has 0 heterocycles. The number of anilines is 1. The smallest absolute Gasteiger partial charge is 0.246 e. The number of likely N-dealkylation sites (N-methyl/N-ethyl adjacent to an activating group) is 1. The lowest BCUT2D eigenvalue weighted by Gasteiger charge is -2.25. The van der Waals surface area contributed by atoms with Crippen LogP contribution in [0.4, 0.5) is 5.69 Å². The van der Waals surface area contributed by atoms with Crippen LogP contribution < -0.4 is 14.4 Å². The molecule has 138 valence electrons. The van der Waals surface area contributed by atoms with Crippen molar-refractivity contribution >= 4 is 17.5 Å². The van der Waals surface area contributed by atoms with Gasteiger partial charge in [-0.05, 0) is 29.8 Å². The van der Waals surface area contributed by atoms with E-state index < -0.39 is 0 Å². The molecule has 0 aliphatic rings. The molecule has 0 radical (unpaired) electrons. The molecule has 0 atom stereocenters. The first-order chi connectivity index (χ1) is 12.5. The van der Waals surface area contributed by atoms with Gasteiger partial charge in [-0.15, -0.1) is 0 Å². The van der Waals surface area contributed by atoms with Crippen molar-refractivity contribution in [2.24, 2.45) is 0 Å². The van der Waals surface area contributed by atoms with Gasteiger partial charge in [0.15, 0.2) is 11.5 Å². The fourth-order valence-electron chi connectivity index (χ4n) is 2.54. The van der Waals surface area contributed by atoms with E-state index in [1.807, 2.05) is 36.4 Å². The van der Waals surface area contributed by atoms with Gasteiger partial charge in [-0.1, -0.05) is 24.3 Å². The highest BCUT2D eigenvalue weighted by Crippen LogP contribution is 2.28. The molecule has 2 aromatic carbocycles. The lowest BCUT2D eigenvalue weighted by molar-refractivity contribution is -0.133. The highest BCUT2D eigenvalue weighted by atomic mass is 16.5. The molecule has 0 aliphatic carbocycles. The molecule has 26 heavy (non-hydrogen) atoms. The minimum atomic E-state index is -0.172. The Morgan fingerprint density at radius 1 is 0.962 bits per heavy atom. The Kier molecular flexibility index (Phi) is 6.60. The van der Waals surface area contributed by atoms with Gasteiger partial charge in [0.25, 0.3) is 0 Å². The normalized spacial score (nSPS) is 10.2. The van der Waals surface area contributed by atoms with Crippen LogP contribution in [0.15, 0.2) is 48.5 Å². The molecule has 0 bridgehead atoms. The fraction of sp³-hybridized carbons (Fsp3) is 0.300. The lowest BCUT2D eigenvalue weighted by atomic mass is 10.2. The number of nitrogens with zero attached hydrogens (tertiary/aromatic N) is 2. The zero-order chi connectivity index (χ0) is 19.1. The van der Waals surface area contributed by atoms with Crippen LogP contribution in [0.5, 0.6) is 11.5 Å². The third-order valence-corrected chi connectivity index (χ3v) is 4.11. The zero-order valence-electron chi connectivity index (χ0n) is 15.6. The molecule has 2 amide bonds. The second-order valence-corrected chi connectivity index (χ2v) is 5.85. The number of carbonyl (C=O) groups is 2. The van der Waals surface area contributed by atoms with Gasteiger partial charge < -0.3 is 19.3 Å². The van der Waals surface area contributed by atoms with Crippen LogP contribution in [0.1, 0.15) is 12.5 Å². The van der Waals surface area contributed by atoms with E-state index in [2.05, 4.69) is 0 Å². The van der Waals surface area contributed by atoms with Crippen LogP contribution >= 0.6 is 0 Å². The number of para-hydroxylation sites is 1. The van der Waals surface area contributed by atoms with Gasteiger partial charge in [-0.2, -0.15) is 0 Å². The number of carbonyl (C=O) groups excluding carboxylic acids is 2. The molecule has 6 nitrogen and oxygen atoms in total. The number of rotatable bonds is 7. The topological polar surface area (TPSA) is 59.1 Å². The van der Waals surface area contributed by atoms with Crippen molar-refractivity contribution in [1.82, 2.24) is 4.90 Å². The zero-order valence-corrected chi connectivity index (χ0v) is 15.6. The van der Waals surface area contributed by atoms with Crippen molar-refractivity contribution in [2.75, 3.05) is 32.7 Å². The number of methoxy groups -OCH3 is 2. The molecule has 0 aromatic heterocycles. The quantitative estimate of drug-likeness (QED) is 0.765. The van der Waals surface area contributed by atoms with E-state index in [-0.39, 0.29) is 18.4 Å². The summed E-state index contributed by atoms with van der Waals surface area (Å²) >= 11 is 0. The summed E-state index contributed by atoms with van der Waals surface area (Å²) in [6.45, 7) is 1.76. The van der Waals surface area contributed by atoms with Crippen molar-refractivity contribution in [2.45, 2.75) is 13.5 Å². The van der Waals surface area contributed by atoms with Gasteiger partial charge in [-0.25, -0.2) is 0 Å². The van der Waals surface area contributed by atoms with E-state index in [1.54, 1.807) is 38.3 Å². The lowest BCUT2D eigenvalue weighted by Crippen LogP contribution is -2.40. The van der Waals surface area contributed by atoms with E-state index in [0.29, 0.717) is 18.0 Å². The molecule has 0 unspecified atom stereocenters. The van der Waals surface area contributed by atoms with E-state index in [0.717, 1.165) is 11.3 Å². The molecule has 0 spiro atoms. The highest BCUT2D eigenvalue weighted by molar-refractivity contribution is 5.96. The Hall–Kier alpha value is -3.02. The molecular weight excluding hydrogens is 332 g/mol. The Morgan fingerprint density at radius 2 is 1.62 bits per heavy atom. The first-order valence-corrected chi connectivity index (χ1v) is 8.24. The molecule has 0 N–H and O–H groups in total. The average molecular weight is 356 g/mol. The number of benzene rings is 2. The largest absolute Gasteiger partial charge is 0.493 e. The summed E-state index contributed by atoms with van der Waals surface area (Å²) in [5.41, 5.74) is 1.64. The Morgan fingerprint density at radius 3 is 2.19 bits per heavy atom. The van der Waals surface area contributed by atoms with E-state index in [9.17, 15) is 9.59 Å². The standard InChI is InChI=1S/C20H24N2O4/c1-15(23)22(13-16-10-11-18(25-3)19(12-16)26-4)14-20(24)21(2)17-8-6-5-7-9-17/h5-12H,13-14H2,1-4H3. The van der Waals surface area contributed by atoms with Crippen LogP contribution in [0.3, 0.4) is 0 Å². The van der Waals surface area contributed by atoms with E-state index in [1.165, 1.54) is 11.8 Å². The number of hydrogen-bond donors (Lipinski definition) is 0. The van der Waals surface area contributed by atoms with Gasteiger partial charge in [0.2, 0.25) is 11.8 Å². The number of ether oxygens (including phenoxy) is 2. The Balaban J connectivity index is 2.12. The van der Waals surface area contributed by atoms with E-state index in [4.69, 9.17) is 9.47 Å². The summed E-state index contributed by atoms with van der Waals surface area (Å²) in [5.74, 6) is 0.869. The maximum Gasteiger partial charge on any atom is 0.246 e. The molecule has 0 saturated heterocycles. The first-order valence-electron chi connectivity index (χ1n) is 8.24. The van der Waals surface area contributed by atoms with E-state index >= 15 is 0 Å². The van der Waals surface area contributed by atoms with Crippen molar-refractivity contribution in [3.63, 3.8) is 0 Å². The van der Waals surface area contributed by atoms with Gasteiger partial charge >= 0.3 is 0 Å². The third kappa shape index (κ3) is 4.75. The second kappa shape index (κ2) is 8.89. The number of amides is 2. The van der Waals surface area contributed by atoms with Crippen LogP contribution in [0.25, 0.3) is 0 Å². The summed E-state index contributed by atoms with van der Waals surface area (Å²) < 4.78 is 10.5. The summed E-state index contributed by atoms with van der Waals surface area (Å²) in [7, 11) is 4.83. The second-order valence-electron chi connectivity index (χ2n) is 5.85. The maximum atomic E-state index is 12.6. The Labute approximate surface area is 153 Å². The van der Waals surface area contributed by atoms with Crippen molar-refractivity contribution < 1.29 is 19.1 Å². The van der Waals surface area contributed by atoms with Crippen LogP contribution in [0, 0.1) is 0 Å². The summed E-state index contributed by atoms with van der Waals surface area (Å²) in [6, 6.07) is 14.8. The monoisotopic (exact) mass is 356 g/mol. The molecular formula is C20H24N2O4.